The molecule has 0 bridgehead atoms. The van der Waals surface area contributed by atoms with Gasteiger partial charge in [0.15, 0.2) is 0 Å². The average molecular weight is 401 g/mol. The minimum Gasteiger partial charge on any atom is -0.321 e. The maximum absolute atomic E-state index is 13.2. The fourth-order valence-electron chi connectivity index (χ4n) is 2.93. The Balaban J connectivity index is 1.70. The van der Waals surface area contributed by atoms with Crippen LogP contribution in [0.15, 0.2) is 60.7 Å². The van der Waals surface area contributed by atoms with E-state index in [2.05, 4.69) is 10.4 Å². The first kappa shape index (κ1) is 18.2. The van der Waals surface area contributed by atoms with Crippen molar-refractivity contribution in [3.05, 3.63) is 76.8 Å². The molecule has 8 heteroatoms. The van der Waals surface area contributed by atoms with Gasteiger partial charge in [-0.2, -0.15) is 18.3 Å². The molecule has 2 heterocycles. The van der Waals surface area contributed by atoms with Crippen molar-refractivity contribution in [2.75, 3.05) is 5.32 Å². The van der Waals surface area contributed by atoms with Crippen LogP contribution in [0.1, 0.15) is 20.9 Å². The van der Waals surface area contributed by atoms with E-state index in [0.29, 0.717) is 4.88 Å². The molecule has 4 rings (SSSR count). The number of fused-ring (bicyclic) bond motifs is 1. The molecule has 0 fully saturated rings. The van der Waals surface area contributed by atoms with E-state index < -0.39 is 17.6 Å². The van der Waals surface area contributed by atoms with Gasteiger partial charge in [-0.25, -0.2) is 4.68 Å². The minimum absolute atomic E-state index is 0.265. The molecule has 2 aromatic carbocycles. The third-order valence-corrected chi connectivity index (χ3v) is 5.36. The summed E-state index contributed by atoms with van der Waals surface area (Å²) in [5.74, 6) is -0.586. The van der Waals surface area contributed by atoms with Gasteiger partial charge in [-0.1, -0.05) is 30.3 Å². The van der Waals surface area contributed by atoms with Crippen LogP contribution in [-0.2, 0) is 6.18 Å². The fraction of sp³-hybridized carbons (Fsp3) is 0.100. The van der Waals surface area contributed by atoms with Crippen molar-refractivity contribution in [2.24, 2.45) is 0 Å². The highest BCUT2D eigenvalue weighted by Gasteiger charge is 2.33. The lowest BCUT2D eigenvalue weighted by atomic mass is 10.1. The van der Waals surface area contributed by atoms with Crippen molar-refractivity contribution >= 4 is 33.1 Å². The van der Waals surface area contributed by atoms with E-state index in [9.17, 15) is 18.0 Å². The monoisotopic (exact) mass is 401 g/mol. The zero-order valence-electron chi connectivity index (χ0n) is 14.6. The lowest BCUT2D eigenvalue weighted by Gasteiger charge is -2.12. The van der Waals surface area contributed by atoms with Crippen LogP contribution in [0.4, 0.5) is 18.9 Å². The Labute approximate surface area is 162 Å². The summed E-state index contributed by atoms with van der Waals surface area (Å²) in [5, 5.41) is 7.68. The molecule has 1 amide bonds. The zero-order chi connectivity index (χ0) is 19.9. The smallest absolute Gasteiger partial charge is 0.321 e. The number of thiophene rings is 1. The van der Waals surface area contributed by atoms with Crippen LogP contribution in [0.2, 0.25) is 0 Å². The van der Waals surface area contributed by atoms with E-state index in [4.69, 9.17) is 0 Å². The van der Waals surface area contributed by atoms with Crippen molar-refractivity contribution in [1.29, 1.82) is 0 Å². The van der Waals surface area contributed by atoms with E-state index in [-0.39, 0.29) is 5.69 Å². The summed E-state index contributed by atoms with van der Waals surface area (Å²) in [5.41, 5.74) is 0.441. The SMILES string of the molecule is Cc1nn(-c2ccccc2)c2sc(C(=O)Nc3ccccc3C(F)(F)F)cc12. The first-order chi connectivity index (χ1) is 13.3. The third-order valence-electron chi connectivity index (χ3n) is 4.25. The van der Waals surface area contributed by atoms with Crippen molar-refractivity contribution in [1.82, 2.24) is 9.78 Å². The van der Waals surface area contributed by atoms with Gasteiger partial charge in [0, 0.05) is 5.39 Å². The number of nitrogens with one attached hydrogen (secondary N) is 1. The number of aromatic nitrogens is 2. The van der Waals surface area contributed by atoms with Gasteiger partial charge in [0.1, 0.15) is 4.83 Å². The number of anilines is 1. The average Bonchev–Trinajstić information content (AvgIpc) is 3.23. The van der Waals surface area contributed by atoms with Gasteiger partial charge in [0.05, 0.1) is 27.5 Å². The van der Waals surface area contributed by atoms with Crippen LogP contribution in [0.25, 0.3) is 15.9 Å². The number of aryl methyl sites for hydroxylation is 1. The van der Waals surface area contributed by atoms with Gasteiger partial charge >= 0.3 is 6.18 Å². The molecule has 0 saturated heterocycles. The van der Waals surface area contributed by atoms with E-state index in [1.54, 1.807) is 10.7 Å². The number of para-hydroxylation sites is 2. The summed E-state index contributed by atoms with van der Waals surface area (Å²) in [6.45, 7) is 1.83. The second-order valence-electron chi connectivity index (χ2n) is 6.16. The Morgan fingerprint density at radius 1 is 1.07 bits per heavy atom. The molecule has 4 aromatic rings. The summed E-state index contributed by atoms with van der Waals surface area (Å²) in [4.78, 5) is 13.7. The lowest BCUT2D eigenvalue weighted by molar-refractivity contribution is -0.136. The van der Waals surface area contributed by atoms with E-state index in [0.717, 1.165) is 27.7 Å². The largest absolute Gasteiger partial charge is 0.418 e. The molecule has 0 aliphatic heterocycles. The van der Waals surface area contributed by atoms with Crippen LogP contribution < -0.4 is 5.32 Å². The van der Waals surface area contributed by atoms with E-state index in [1.807, 2.05) is 37.3 Å². The lowest BCUT2D eigenvalue weighted by Crippen LogP contribution is -2.15. The molecule has 2 aromatic heterocycles. The molecule has 0 unspecified atom stereocenters. The predicted molar refractivity (Wildman–Crippen MR) is 103 cm³/mol. The second-order valence-corrected chi connectivity index (χ2v) is 7.19. The summed E-state index contributed by atoms with van der Waals surface area (Å²) in [6.07, 6.45) is -4.55. The summed E-state index contributed by atoms with van der Waals surface area (Å²) < 4.78 is 41.2. The Hall–Kier alpha value is -3.13. The maximum atomic E-state index is 13.2. The topological polar surface area (TPSA) is 46.9 Å². The van der Waals surface area contributed by atoms with Gasteiger partial charge < -0.3 is 5.32 Å². The van der Waals surface area contributed by atoms with Gasteiger partial charge in [0.2, 0.25) is 0 Å². The molecule has 0 atom stereocenters. The highest BCUT2D eigenvalue weighted by molar-refractivity contribution is 7.20. The molecule has 28 heavy (non-hydrogen) atoms. The van der Waals surface area contributed by atoms with Crippen molar-refractivity contribution in [2.45, 2.75) is 13.1 Å². The van der Waals surface area contributed by atoms with Crippen LogP contribution in [-0.4, -0.2) is 15.7 Å². The molecule has 1 N–H and O–H groups in total. The third kappa shape index (κ3) is 3.27. The maximum Gasteiger partial charge on any atom is 0.418 e. The summed E-state index contributed by atoms with van der Waals surface area (Å²) >= 11 is 1.19. The van der Waals surface area contributed by atoms with Crippen molar-refractivity contribution < 1.29 is 18.0 Å². The van der Waals surface area contributed by atoms with Crippen LogP contribution >= 0.6 is 11.3 Å². The second kappa shape index (κ2) is 6.79. The van der Waals surface area contributed by atoms with Gasteiger partial charge in [-0.15, -0.1) is 11.3 Å². The fourth-order valence-corrected chi connectivity index (χ4v) is 4.00. The Kier molecular flexibility index (Phi) is 4.43. The Morgan fingerprint density at radius 3 is 2.46 bits per heavy atom. The molecule has 0 spiro atoms. The number of nitrogens with zero attached hydrogens (tertiary/aromatic N) is 2. The molecule has 0 saturated carbocycles. The number of hydrogen-bond acceptors (Lipinski definition) is 3. The quantitative estimate of drug-likeness (QED) is 0.481. The zero-order valence-corrected chi connectivity index (χ0v) is 15.4. The predicted octanol–water partition coefficient (Wildman–Crippen LogP) is 5.67. The van der Waals surface area contributed by atoms with Gasteiger partial charge in [0.25, 0.3) is 5.91 Å². The summed E-state index contributed by atoms with van der Waals surface area (Å²) in [6, 6.07) is 16.0. The first-order valence-corrected chi connectivity index (χ1v) is 9.18. The normalized spacial score (nSPS) is 11.7. The Morgan fingerprint density at radius 2 is 1.75 bits per heavy atom. The number of carbonyl (C=O) groups excluding carboxylic acids is 1. The van der Waals surface area contributed by atoms with Gasteiger partial charge in [-0.3, -0.25) is 4.79 Å². The highest BCUT2D eigenvalue weighted by Crippen LogP contribution is 2.35. The van der Waals surface area contributed by atoms with Gasteiger partial charge in [-0.05, 0) is 37.3 Å². The number of hydrogen-bond donors (Lipinski definition) is 1. The molecule has 0 aliphatic carbocycles. The number of alkyl halides is 3. The molecular formula is C20H14F3N3OS. The van der Waals surface area contributed by atoms with E-state index in [1.165, 1.54) is 29.5 Å². The highest BCUT2D eigenvalue weighted by atomic mass is 32.1. The first-order valence-electron chi connectivity index (χ1n) is 8.37. The van der Waals surface area contributed by atoms with Crippen molar-refractivity contribution in [3.63, 3.8) is 0 Å². The number of rotatable bonds is 3. The summed E-state index contributed by atoms with van der Waals surface area (Å²) in [7, 11) is 0. The number of benzene rings is 2. The molecular weight excluding hydrogens is 387 g/mol. The molecule has 4 nitrogen and oxygen atoms in total. The van der Waals surface area contributed by atoms with Crippen LogP contribution in [0, 0.1) is 6.92 Å². The minimum atomic E-state index is -4.55. The van der Waals surface area contributed by atoms with Crippen LogP contribution in [0.5, 0.6) is 0 Å². The number of halogens is 3. The Bertz CT molecular complexity index is 1160. The van der Waals surface area contributed by atoms with E-state index >= 15 is 0 Å². The van der Waals surface area contributed by atoms with Crippen molar-refractivity contribution in [3.8, 4) is 5.69 Å². The van der Waals surface area contributed by atoms with Crippen LogP contribution in [0.3, 0.4) is 0 Å². The molecule has 0 aliphatic rings. The number of carbonyl (C=O) groups is 1. The number of amides is 1. The molecule has 0 radical (unpaired) electrons. The molecule has 142 valence electrons. The standard InChI is InChI=1S/C20H14F3N3OS/c1-12-14-11-17(28-19(14)26(25-12)13-7-3-2-4-8-13)18(27)24-16-10-6-5-9-15(16)20(21,22)23/h2-11H,1H3,(H,24,27).